The Morgan fingerprint density at radius 1 is 1.58 bits per heavy atom. The zero-order valence-electron chi connectivity index (χ0n) is 5.89. The second-order valence-electron chi connectivity index (χ2n) is 2.20. The molecule has 2 heterocycles. The Morgan fingerprint density at radius 2 is 2.42 bits per heavy atom. The lowest BCUT2D eigenvalue weighted by atomic mass is 10.2. The Bertz CT molecular complexity index is 435. The summed E-state index contributed by atoms with van der Waals surface area (Å²) in [4.78, 5) is 14.5. The number of pyridine rings is 1. The van der Waals surface area contributed by atoms with Crippen LogP contribution in [-0.4, -0.2) is 21.2 Å². The van der Waals surface area contributed by atoms with E-state index in [1.54, 1.807) is 0 Å². The molecule has 0 fully saturated rings. The fourth-order valence-electron chi connectivity index (χ4n) is 0.950. The first-order valence-electron chi connectivity index (χ1n) is 3.22. The van der Waals surface area contributed by atoms with E-state index in [9.17, 15) is 4.79 Å². The van der Waals surface area contributed by atoms with Crippen LogP contribution in [0.1, 0.15) is 10.4 Å². The molecule has 2 aromatic heterocycles. The summed E-state index contributed by atoms with van der Waals surface area (Å²) in [5.41, 5.74) is 0.748. The number of nitrogens with zero attached hydrogens (tertiary/aromatic N) is 2. The van der Waals surface area contributed by atoms with Crippen LogP contribution in [0.15, 0.2) is 23.0 Å². The Hall–Kier alpha value is -1.91. The number of carbonyl (C=O) groups is 1. The van der Waals surface area contributed by atoms with E-state index in [0.717, 1.165) is 0 Å². The summed E-state index contributed by atoms with van der Waals surface area (Å²) in [7, 11) is 0. The highest BCUT2D eigenvalue weighted by Gasteiger charge is 2.11. The molecule has 5 heteroatoms. The van der Waals surface area contributed by atoms with E-state index in [1.165, 1.54) is 18.5 Å². The molecule has 0 amide bonds. The first-order valence-corrected chi connectivity index (χ1v) is 3.22. The van der Waals surface area contributed by atoms with Gasteiger partial charge in [-0.2, -0.15) is 0 Å². The molecular formula is C7H4N2O3. The third kappa shape index (κ3) is 0.833. The predicted molar refractivity (Wildman–Crippen MR) is 38.8 cm³/mol. The molecule has 0 aromatic carbocycles. The molecule has 1 N–H and O–H groups in total. The molecule has 0 bridgehead atoms. The van der Waals surface area contributed by atoms with Crippen molar-refractivity contribution in [2.24, 2.45) is 0 Å². The Morgan fingerprint density at radius 3 is 3.17 bits per heavy atom. The molecule has 0 aliphatic heterocycles. The molecule has 2 aromatic rings. The highest BCUT2D eigenvalue weighted by Crippen LogP contribution is 2.14. The minimum atomic E-state index is -1.04. The SMILES string of the molecule is O=C(O)c1ccnc2cnoc12. The summed E-state index contributed by atoms with van der Waals surface area (Å²) < 4.78 is 4.72. The fourth-order valence-corrected chi connectivity index (χ4v) is 0.950. The highest BCUT2D eigenvalue weighted by atomic mass is 16.5. The average molecular weight is 164 g/mol. The summed E-state index contributed by atoms with van der Waals surface area (Å²) in [6.07, 6.45) is 2.78. The van der Waals surface area contributed by atoms with Gasteiger partial charge in [0.15, 0.2) is 5.58 Å². The van der Waals surface area contributed by atoms with Crippen LogP contribution in [0.5, 0.6) is 0 Å². The van der Waals surface area contributed by atoms with Crippen LogP contribution in [-0.2, 0) is 0 Å². The van der Waals surface area contributed by atoms with E-state index in [-0.39, 0.29) is 11.1 Å². The maximum atomic E-state index is 10.6. The maximum Gasteiger partial charge on any atom is 0.339 e. The van der Waals surface area contributed by atoms with E-state index < -0.39 is 5.97 Å². The fraction of sp³-hybridized carbons (Fsp3) is 0. The van der Waals surface area contributed by atoms with E-state index in [0.29, 0.717) is 5.52 Å². The Balaban J connectivity index is 2.82. The summed E-state index contributed by atoms with van der Waals surface area (Å²) in [5.74, 6) is -1.04. The van der Waals surface area contributed by atoms with Gasteiger partial charge in [-0.15, -0.1) is 0 Å². The van der Waals surface area contributed by atoms with E-state index in [4.69, 9.17) is 9.63 Å². The van der Waals surface area contributed by atoms with Gasteiger partial charge in [-0.1, -0.05) is 5.16 Å². The van der Waals surface area contributed by atoms with Crippen molar-refractivity contribution in [3.63, 3.8) is 0 Å². The lowest BCUT2D eigenvalue weighted by Crippen LogP contribution is -1.96. The summed E-state index contributed by atoms with van der Waals surface area (Å²) in [6, 6.07) is 1.37. The first-order chi connectivity index (χ1) is 5.79. The number of hydrogen-bond donors (Lipinski definition) is 1. The van der Waals surface area contributed by atoms with Gasteiger partial charge >= 0.3 is 5.97 Å². The van der Waals surface area contributed by atoms with E-state index in [1.807, 2.05) is 0 Å². The number of hydrogen-bond acceptors (Lipinski definition) is 4. The van der Waals surface area contributed by atoms with Crippen molar-refractivity contribution in [2.75, 3.05) is 0 Å². The monoisotopic (exact) mass is 164 g/mol. The van der Waals surface area contributed by atoms with Crippen molar-refractivity contribution in [3.05, 3.63) is 24.0 Å². The van der Waals surface area contributed by atoms with Gasteiger partial charge in [0.25, 0.3) is 0 Å². The van der Waals surface area contributed by atoms with Crippen molar-refractivity contribution < 1.29 is 14.4 Å². The molecular weight excluding hydrogens is 160 g/mol. The number of aromatic nitrogens is 2. The summed E-state index contributed by atoms with van der Waals surface area (Å²) in [5, 5.41) is 12.1. The molecule has 0 spiro atoms. The highest BCUT2D eigenvalue weighted by molar-refractivity contribution is 5.99. The topological polar surface area (TPSA) is 76.2 Å². The summed E-state index contributed by atoms with van der Waals surface area (Å²) >= 11 is 0. The van der Waals surface area contributed by atoms with Crippen LogP contribution >= 0.6 is 0 Å². The second-order valence-corrected chi connectivity index (χ2v) is 2.20. The van der Waals surface area contributed by atoms with Crippen molar-refractivity contribution in [1.29, 1.82) is 0 Å². The Kier molecular flexibility index (Phi) is 1.30. The van der Waals surface area contributed by atoms with Gasteiger partial charge in [-0.05, 0) is 6.07 Å². The zero-order valence-corrected chi connectivity index (χ0v) is 5.89. The third-order valence-corrected chi connectivity index (χ3v) is 1.48. The number of rotatable bonds is 1. The summed E-state index contributed by atoms with van der Waals surface area (Å²) in [6.45, 7) is 0. The third-order valence-electron chi connectivity index (χ3n) is 1.48. The van der Waals surface area contributed by atoms with Crippen LogP contribution in [0.4, 0.5) is 0 Å². The molecule has 5 nitrogen and oxygen atoms in total. The maximum absolute atomic E-state index is 10.6. The molecule has 60 valence electrons. The zero-order chi connectivity index (χ0) is 8.55. The molecule has 2 rings (SSSR count). The first kappa shape index (κ1) is 6.78. The van der Waals surface area contributed by atoms with Gasteiger partial charge in [-0.25, -0.2) is 4.79 Å². The van der Waals surface area contributed by atoms with Crippen molar-refractivity contribution in [2.45, 2.75) is 0 Å². The van der Waals surface area contributed by atoms with Crippen molar-refractivity contribution in [3.8, 4) is 0 Å². The number of carboxylic acids is 1. The van der Waals surface area contributed by atoms with Gasteiger partial charge in [0.2, 0.25) is 0 Å². The van der Waals surface area contributed by atoms with E-state index in [2.05, 4.69) is 10.1 Å². The number of fused-ring (bicyclic) bond motifs is 1. The largest absolute Gasteiger partial charge is 0.478 e. The van der Waals surface area contributed by atoms with Gasteiger partial charge < -0.3 is 9.63 Å². The molecule has 0 atom stereocenters. The standard InChI is InChI=1S/C7H4N2O3/c10-7(11)4-1-2-8-5-3-9-12-6(4)5/h1-3H,(H,10,11). The van der Waals surface area contributed by atoms with Crippen LogP contribution in [0.25, 0.3) is 11.1 Å². The molecule has 0 saturated heterocycles. The number of aromatic carboxylic acids is 1. The Labute approximate surface area is 66.6 Å². The normalized spacial score (nSPS) is 10.3. The van der Waals surface area contributed by atoms with Gasteiger partial charge in [0.05, 0.1) is 6.20 Å². The van der Waals surface area contributed by atoms with Crippen LogP contribution < -0.4 is 0 Å². The van der Waals surface area contributed by atoms with Gasteiger partial charge in [-0.3, -0.25) is 4.98 Å². The van der Waals surface area contributed by atoms with Crippen molar-refractivity contribution in [1.82, 2.24) is 10.1 Å². The van der Waals surface area contributed by atoms with Gasteiger partial charge in [0.1, 0.15) is 11.1 Å². The second kappa shape index (κ2) is 2.30. The lowest BCUT2D eigenvalue weighted by Gasteiger charge is -1.91. The van der Waals surface area contributed by atoms with Gasteiger partial charge in [0, 0.05) is 6.20 Å². The minimum absolute atomic E-state index is 0.0810. The molecule has 0 aliphatic rings. The smallest absolute Gasteiger partial charge is 0.339 e. The lowest BCUT2D eigenvalue weighted by molar-refractivity contribution is 0.0697. The van der Waals surface area contributed by atoms with Crippen LogP contribution in [0, 0.1) is 0 Å². The molecule has 12 heavy (non-hydrogen) atoms. The molecule has 0 saturated carbocycles. The number of carboxylic acid groups (broad SMARTS) is 1. The predicted octanol–water partition coefficient (Wildman–Crippen LogP) is 0.921. The molecule has 0 unspecified atom stereocenters. The molecule has 0 aliphatic carbocycles. The van der Waals surface area contributed by atoms with Crippen LogP contribution in [0.3, 0.4) is 0 Å². The van der Waals surface area contributed by atoms with Crippen molar-refractivity contribution >= 4 is 17.1 Å². The minimum Gasteiger partial charge on any atom is -0.478 e. The van der Waals surface area contributed by atoms with Crippen LogP contribution in [0.2, 0.25) is 0 Å². The average Bonchev–Trinajstić information content (AvgIpc) is 2.49. The molecule has 0 radical (unpaired) electrons. The van der Waals surface area contributed by atoms with E-state index >= 15 is 0 Å². The quantitative estimate of drug-likeness (QED) is 0.678.